The summed E-state index contributed by atoms with van der Waals surface area (Å²) in [6.07, 6.45) is -0.202. The largest absolute Gasteiger partial charge is 0.481 e. The Labute approximate surface area is 118 Å². The van der Waals surface area contributed by atoms with Gasteiger partial charge in [-0.3, -0.25) is 9.59 Å². The number of likely N-dealkylation sites (tertiary alicyclic amines) is 1. The lowest BCUT2D eigenvalue weighted by atomic mass is 9.90. The number of hydrogen-bond acceptors (Lipinski definition) is 3. The predicted molar refractivity (Wildman–Crippen MR) is 73.1 cm³/mol. The summed E-state index contributed by atoms with van der Waals surface area (Å²) in [5.41, 5.74) is -0.0751. The van der Waals surface area contributed by atoms with Crippen LogP contribution in [-0.2, 0) is 14.3 Å². The predicted octanol–water partition coefficient (Wildman–Crippen LogP) is 1.70. The zero-order chi connectivity index (χ0) is 14.8. The second-order valence-corrected chi connectivity index (χ2v) is 5.40. The van der Waals surface area contributed by atoms with Crippen molar-refractivity contribution in [2.24, 2.45) is 5.41 Å². The fourth-order valence-corrected chi connectivity index (χ4v) is 2.50. The minimum Gasteiger partial charge on any atom is -0.481 e. The summed E-state index contributed by atoms with van der Waals surface area (Å²) in [7, 11) is 1.49. The third-order valence-electron chi connectivity index (χ3n) is 3.86. The quantitative estimate of drug-likeness (QED) is 0.909. The standard InChI is InChI=1S/C15H19NO4/c1-15(14(18)19)8-9-16(10-15)13(17)12(20-2)11-6-4-3-5-7-11/h3-7,12H,8-10H2,1-2H3,(H,18,19)/t12-,15-/m0/s1. The Morgan fingerprint density at radius 2 is 2.00 bits per heavy atom. The first-order valence-corrected chi connectivity index (χ1v) is 6.58. The van der Waals surface area contributed by atoms with Crippen molar-refractivity contribution < 1.29 is 19.4 Å². The summed E-state index contributed by atoms with van der Waals surface area (Å²) in [5.74, 6) is -1.04. The van der Waals surface area contributed by atoms with Crippen molar-refractivity contribution in [3.63, 3.8) is 0 Å². The lowest BCUT2D eigenvalue weighted by Crippen LogP contribution is -2.37. The number of aliphatic carboxylic acids is 1. The minimum absolute atomic E-state index is 0.177. The smallest absolute Gasteiger partial charge is 0.311 e. The molecule has 2 atom stereocenters. The van der Waals surface area contributed by atoms with Crippen LogP contribution >= 0.6 is 0 Å². The molecule has 0 unspecified atom stereocenters. The molecule has 2 rings (SSSR count). The Morgan fingerprint density at radius 3 is 2.50 bits per heavy atom. The molecule has 1 fully saturated rings. The minimum atomic E-state index is -0.860. The number of methoxy groups -OCH3 is 1. The lowest BCUT2D eigenvalue weighted by Gasteiger charge is -2.24. The van der Waals surface area contributed by atoms with Crippen LogP contribution in [0.15, 0.2) is 30.3 Å². The number of carboxylic acids is 1. The number of hydrogen-bond donors (Lipinski definition) is 1. The van der Waals surface area contributed by atoms with E-state index >= 15 is 0 Å². The normalized spacial score (nSPS) is 23.6. The van der Waals surface area contributed by atoms with Gasteiger partial charge in [0.25, 0.3) is 5.91 Å². The van der Waals surface area contributed by atoms with Gasteiger partial charge in [0, 0.05) is 20.2 Å². The van der Waals surface area contributed by atoms with E-state index in [1.807, 2.05) is 30.3 Å². The van der Waals surface area contributed by atoms with Crippen LogP contribution in [0.5, 0.6) is 0 Å². The van der Waals surface area contributed by atoms with Crippen LogP contribution in [0.1, 0.15) is 25.0 Å². The molecule has 108 valence electrons. The number of ether oxygens (including phenoxy) is 1. The molecule has 20 heavy (non-hydrogen) atoms. The second-order valence-electron chi connectivity index (χ2n) is 5.40. The van der Waals surface area contributed by atoms with Crippen LogP contribution < -0.4 is 0 Å². The molecule has 0 saturated carbocycles. The molecular formula is C15H19NO4. The second kappa shape index (κ2) is 5.63. The maximum atomic E-state index is 12.5. The van der Waals surface area contributed by atoms with Gasteiger partial charge in [-0.2, -0.15) is 0 Å². The van der Waals surface area contributed by atoms with E-state index in [0.29, 0.717) is 13.0 Å². The van der Waals surface area contributed by atoms with E-state index < -0.39 is 17.5 Å². The van der Waals surface area contributed by atoms with Crippen molar-refractivity contribution in [1.82, 2.24) is 4.90 Å². The fourth-order valence-electron chi connectivity index (χ4n) is 2.50. The van der Waals surface area contributed by atoms with Gasteiger partial charge in [0.1, 0.15) is 0 Å². The zero-order valence-corrected chi connectivity index (χ0v) is 11.7. The molecule has 1 amide bonds. The number of benzene rings is 1. The molecule has 1 N–H and O–H groups in total. The van der Waals surface area contributed by atoms with Crippen molar-refractivity contribution in [1.29, 1.82) is 0 Å². The van der Waals surface area contributed by atoms with Crippen LogP contribution in [0.2, 0.25) is 0 Å². The Hall–Kier alpha value is -1.88. The first-order chi connectivity index (χ1) is 9.48. The van der Waals surface area contributed by atoms with Crippen molar-refractivity contribution in [3.8, 4) is 0 Å². The van der Waals surface area contributed by atoms with Gasteiger partial charge in [0.2, 0.25) is 0 Å². The first kappa shape index (κ1) is 14.5. The maximum Gasteiger partial charge on any atom is 0.311 e. The van der Waals surface area contributed by atoms with E-state index in [2.05, 4.69) is 0 Å². The van der Waals surface area contributed by atoms with Crippen molar-refractivity contribution in [2.75, 3.05) is 20.2 Å². The van der Waals surface area contributed by atoms with Crippen molar-refractivity contribution in [3.05, 3.63) is 35.9 Å². The SMILES string of the molecule is CO[C@H](C(=O)N1CC[C@](C)(C(=O)O)C1)c1ccccc1. The van der Waals surface area contributed by atoms with Gasteiger partial charge in [-0.05, 0) is 18.9 Å². The van der Waals surface area contributed by atoms with E-state index in [1.54, 1.807) is 11.8 Å². The molecule has 0 spiro atoms. The molecule has 1 aromatic carbocycles. The first-order valence-electron chi connectivity index (χ1n) is 6.58. The summed E-state index contributed by atoms with van der Waals surface area (Å²) in [5, 5.41) is 9.22. The van der Waals surface area contributed by atoms with Crippen LogP contribution in [-0.4, -0.2) is 42.1 Å². The van der Waals surface area contributed by atoms with E-state index in [9.17, 15) is 14.7 Å². The van der Waals surface area contributed by atoms with E-state index in [4.69, 9.17) is 4.74 Å². The summed E-state index contributed by atoms with van der Waals surface area (Å²) in [6, 6.07) is 9.23. The highest BCUT2D eigenvalue weighted by molar-refractivity contribution is 5.84. The van der Waals surface area contributed by atoms with Gasteiger partial charge in [-0.1, -0.05) is 30.3 Å². The molecule has 0 aliphatic carbocycles. The molecule has 1 aromatic rings. The number of carbonyl (C=O) groups excluding carboxylic acids is 1. The van der Waals surface area contributed by atoms with Crippen LogP contribution in [0.3, 0.4) is 0 Å². The third-order valence-corrected chi connectivity index (χ3v) is 3.86. The number of nitrogens with zero attached hydrogens (tertiary/aromatic N) is 1. The molecule has 0 aromatic heterocycles. The van der Waals surface area contributed by atoms with E-state index in [-0.39, 0.29) is 12.5 Å². The number of carbonyl (C=O) groups is 2. The van der Waals surface area contributed by atoms with E-state index in [0.717, 1.165) is 5.56 Å². The Kier molecular flexibility index (Phi) is 4.09. The van der Waals surface area contributed by atoms with Gasteiger partial charge in [-0.25, -0.2) is 0 Å². The summed E-state index contributed by atoms with van der Waals surface area (Å²) in [6.45, 7) is 2.36. The molecule has 0 radical (unpaired) electrons. The Bertz CT molecular complexity index is 502. The monoisotopic (exact) mass is 277 g/mol. The van der Waals surface area contributed by atoms with Gasteiger partial charge < -0.3 is 14.7 Å². The maximum absolute atomic E-state index is 12.5. The summed E-state index contributed by atoms with van der Waals surface area (Å²) >= 11 is 0. The summed E-state index contributed by atoms with van der Waals surface area (Å²) in [4.78, 5) is 25.3. The van der Waals surface area contributed by atoms with Gasteiger partial charge >= 0.3 is 5.97 Å². The fraction of sp³-hybridized carbons (Fsp3) is 0.467. The van der Waals surface area contributed by atoms with Gasteiger partial charge in [0.05, 0.1) is 5.41 Å². The average molecular weight is 277 g/mol. The van der Waals surface area contributed by atoms with Crippen LogP contribution in [0, 0.1) is 5.41 Å². The molecule has 5 heteroatoms. The molecular weight excluding hydrogens is 258 g/mol. The van der Waals surface area contributed by atoms with E-state index in [1.165, 1.54) is 7.11 Å². The van der Waals surface area contributed by atoms with Crippen LogP contribution in [0.4, 0.5) is 0 Å². The van der Waals surface area contributed by atoms with Crippen LogP contribution in [0.25, 0.3) is 0 Å². The highest BCUT2D eigenvalue weighted by Crippen LogP contribution is 2.32. The van der Waals surface area contributed by atoms with Crippen molar-refractivity contribution in [2.45, 2.75) is 19.4 Å². The number of amides is 1. The number of carboxylic acid groups (broad SMARTS) is 1. The third kappa shape index (κ3) is 2.67. The summed E-state index contributed by atoms with van der Waals surface area (Å²) < 4.78 is 5.30. The molecule has 1 saturated heterocycles. The van der Waals surface area contributed by atoms with Gasteiger partial charge in [0.15, 0.2) is 6.10 Å². The molecule has 1 aliphatic rings. The average Bonchev–Trinajstić information content (AvgIpc) is 2.85. The Balaban J connectivity index is 2.13. The lowest BCUT2D eigenvalue weighted by molar-refractivity contribution is -0.148. The molecule has 1 aliphatic heterocycles. The van der Waals surface area contributed by atoms with Crippen molar-refractivity contribution >= 4 is 11.9 Å². The Morgan fingerprint density at radius 1 is 1.35 bits per heavy atom. The highest BCUT2D eigenvalue weighted by atomic mass is 16.5. The zero-order valence-electron chi connectivity index (χ0n) is 11.7. The molecule has 5 nitrogen and oxygen atoms in total. The molecule has 1 heterocycles. The topological polar surface area (TPSA) is 66.8 Å². The highest BCUT2D eigenvalue weighted by Gasteiger charge is 2.43. The van der Waals surface area contributed by atoms with Gasteiger partial charge in [-0.15, -0.1) is 0 Å². The number of rotatable bonds is 4. The molecule has 0 bridgehead atoms.